The van der Waals surface area contributed by atoms with Gasteiger partial charge in [-0.2, -0.15) is 0 Å². The third-order valence-corrected chi connectivity index (χ3v) is 5.06. The highest BCUT2D eigenvalue weighted by atomic mass is 32.1. The van der Waals surface area contributed by atoms with E-state index in [2.05, 4.69) is 17.2 Å². The first-order chi connectivity index (χ1) is 8.99. The van der Waals surface area contributed by atoms with Crippen LogP contribution in [0.4, 0.5) is 0 Å². The van der Waals surface area contributed by atoms with Crippen molar-refractivity contribution in [3.05, 3.63) is 15.6 Å². The van der Waals surface area contributed by atoms with Gasteiger partial charge in [0.05, 0.1) is 16.1 Å². The zero-order chi connectivity index (χ0) is 14.5. The Morgan fingerprint density at radius 3 is 2.42 bits per heavy atom. The third-order valence-electron chi connectivity index (χ3n) is 3.92. The summed E-state index contributed by atoms with van der Waals surface area (Å²) in [4.78, 5) is 17.9. The fourth-order valence-corrected chi connectivity index (χ4v) is 3.00. The second-order valence-corrected chi connectivity index (χ2v) is 6.23. The summed E-state index contributed by atoms with van der Waals surface area (Å²) >= 11 is 1.70. The first-order valence-corrected chi connectivity index (χ1v) is 7.72. The zero-order valence-electron chi connectivity index (χ0n) is 12.4. The Morgan fingerprint density at radius 2 is 2.00 bits per heavy atom. The lowest BCUT2D eigenvalue weighted by Crippen LogP contribution is -2.45. The number of hydrogen-bond acceptors (Lipinski definition) is 4. The number of nitrogens with one attached hydrogen (secondary N) is 1. The highest BCUT2D eigenvalue weighted by molar-refractivity contribution is 7.11. The molecule has 0 bridgehead atoms. The molecule has 0 aliphatic heterocycles. The molecule has 5 heteroatoms. The van der Waals surface area contributed by atoms with Gasteiger partial charge >= 0.3 is 0 Å². The molecular formula is C14H25N3OS. The van der Waals surface area contributed by atoms with Crippen LogP contribution >= 0.6 is 11.3 Å². The summed E-state index contributed by atoms with van der Waals surface area (Å²) in [5.41, 5.74) is 6.44. The van der Waals surface area contributed by atoms with Crippen molar-refractivity contribution in [2.24, 2.45) is 11.1 Å². The van der Waals surface area contributed by atoms with Crippen molar-refractivity contribution in [2.75, 3.05) is 13.1 Å². The van der Waals surface area contributed by atoms with Crippen LogP contribution in [0, 0.1) is 19.3 Å². The third kappa shape index (κ3) is 3.76. The summed E-state index contributed by atoms with van der Waals surface area (Å²) in [5, 5.41) is 4.09. The van der Waals surface area contributed by atoms with Gasteiger partial charge in [-0.15, -0.1) is 11.3 Å². The minimum Gasteiger partial charge on any atom is -0.355 e. The lowest BCUT2D eigenvalue weighted by atomic mass is 9.81. The van der Waals surface area contributed by atoms with Crippen molar-refractivity contribution < 1.29 is 4.79 Å². The number of rotatable bonds is 7. The summed E-state index contributed by atoms with van der Waals surface area (Å²) in [6.07, 6.45) is 2.35. The van der Waals surface area contributed by atoms with Crippen molar-refractivity contribution in [3.63, 3.8) is 0 Å². The summed E-state index contributed by atoms with van der Waals surface area (Å²) in [6, 6.07) is 0. The molecule has 1 amide bonds. The standard InChI is InChI=1S/C14H25N3OS/c1-5-14(6-2,9-15)13(18)16-8-7-12-17-10(3)11(4)19-12/h5-9,15H2,1-4H3,(H,16,18). The molecule has 0 saturated carbocycles. The normalized spacial score (nSPS) is 11.6. The van der Waals surface area contributed by atoms with Crippen molar-refractivity contribution in [1.82, 2.24) is 10.3 Å². The van der Waals surface area contributed by atoms with E-state index in [0.717, 1.165) is 30.0 Å². The first kappa shape index (κ1) is 16.1. The molecule has 0 atom stereocenters. The van der Waals surface area contributed by atoms with Gasteiger partial charge in [0.2, 0.25) is 5.91 Å². The van der Waals surface area contributed by atoms with E-state index in [-0.39, 0.29) is 5.91 Å². The fraction of sp³-hybridized carbons (Fsp3) is 0.714. The number of carbonyl (C=O) groups is 1. The van der Waals surface area contributed by atoms with E-state index in [1.54, 1.807) is 11.3 Å². The monoisotopic (exact) mass is 283 g/mol. The maximum absolute atomic E-state index is 12.2. The lowest BCUT2D eigenvalue weighted by molar-refractivity contribution is -0.131. The molecule has 1 rings (SSSR count). The van der Waals surface area contributed by atoms with Crippen molar-refractivity contribution in [2.45, 2.75) is 47.0 Å². The maximum atomic E-state index is 12.2. The highest BCUT2D eigenvalue weighted by Crippen LogP contribution is 2.25. The number of nitrogens with two attached hydrogens (primary N) is 1. The van der Waals surface area contributed by atoms with E-state index in [1.165, 1.54) is 4.88 Å². The molecule has 0 aliphatic carbocycles. The molecule has 0 aromatic carbocycles. The van der Waals surface area contributed by atoms with Gasteiger partial charge in [0.15, 0.2) is 0 Å². The molecule has 0 spiro atoms. The van der Waals surface area contributed by atoms with E-state index in [0.29, 0.717) is 13.1 Å². The number of aryl methyl sites for hydroxylation is 2. The second kappa shape index (κ2) is 7.01. The van der Waals surface area contributed by atoms with Gasteiger partial charge in [-0.3, -0.25) is 4.79 Å². The van der Waals surface area contributed by atoms with E-state index in [4.69, 9.17) is 5.73 Å². The van der Waals surface area contributed by atoms with Crippen LogP contribution in [0.5, 0.6) is 0 Å². The molecule has 3 N–H and O–H groups in total. The van der Waals surface area contributed by atoms with Gasteiger partial charge in [-0.05, 0) is 26.7 Å². The molecule has 1 heterocycles. The van der Waals surface area contributed by atoms with Crippen LogP contribution in [0.2, 0.25) is 0 Å². The Morgan fingerprint density at radius 1 is 1.37 bits per heavy atom. The van der Waals surface area contributed by atoms with Gasteiger partial charge in [0, 0.05) is 24.4 Å². The van der Waals surface area contributed by atoms with Crippen molar-refractivity contribution in [3.8, 4) is 0 Å². The number of amides is 1. The van der Waals surface area contributed by atoms with Crippen molar-refractivity contribution in [1.29, 1.82) is 0 Å². The van der Waals surface area contributed by atoms with Gasteiger partial charge in [-0.1, -0.05) is 13.8 Å². The molecule has 0 aliphatic rings. The van der Waals surface area contributed by atoms with E-state index in [1.807, 2.05) is 20.8 Å². The molecular weight excluding hydrogens is 258 g/mol. The molecule has 0 saturated heterocycles. The number of carbonyl (C=O) groups excluding carboxylic acids is 1. The summed E-state index contributed by atoms with van der Waals surface area (Å²) < 4.78 is 0. The van der Waals surface area contributed by atoms with Gasteiger partial charge in [-0.25, -0.2) is 4.98 Å². The first-order valence-electron chi connectivity index (χ1n) is 6.90. The molecule has 0 unspecified atom stereocenters. The minimum atomic E-state index is -0.408. The second-order valence-electron chi connectivity index (χ2n) is 4.95. The quantitative estimate of drug-likeness (QED) is 0.806. The van der Waals surface area contributed by atoms with Gasteiger partial charge < -0.3 is 11.1 Å². The zero-order valence-corrected chi connectivity index (χ0v) is 13.2. The fourth-order valence-electron chi connectivity index (χ4n) is 2.07. The van der Waals surface area contributed by atoms with Crippen molar-refractivity contribution >= 4 is 17.2 Å². The number of hydrogen-bond donors (Lipinski definition) is 2. The predicted octanol–water partition coefficient (Wildman–Crippen LogP) is 2.18. The summed E-state index contributed by atoms with van der Waals surface area (Å²) in [7, 11) is 0. The van der Waals surface area contributed by atoms with Crippen LogP contribution < -0.4 is 11.1 Å². The van der Waals surface area contributed by atoms with Gasteiger partial charge in [0.1, 0.15) is 0 Å². The smallest absolute Gasteiger partial charge is 0.227 e. The lowest BCUT2D eigenvalue weighted by Gasteiger charge is -2.28. The van der Waals surface area contributed by atoms with Crippen LogP contribution in [0.15, 0.2) is 0 Å². The molecule has 19 heavy (non-hydrogen) atoms. The van der Waals surface area contributed by atoms with Crippen LogP contribution in [0.25, 0.3) is 0 Å². The minimum absolute atomic E-state index is 0.0741. The summed E-state index contributed by atoms with van der Waals surface area (Å²) in [6.45, 7) is 9.16. The van der Waals surface area contributed by atoms with Gasteiger partial charge in [0.25, 0.3) is 0 Å². The SMILES string of the molecule is CCC(CC)(CN)C(=O)NCCc1nc(C)c(C)s1. The molecule has 1 aromatic heterocycles. The number of aromatic nitrogens is 1. The van der Waals surface area contributed by atoms with E-state index in [9.17, 15) is 4.79 Å². The Labute approximate surface area is 119 Å². The Bertz CT molecular complexity index is 397. The molecule has 0 fully saturated rings. The molecule has 108 valence electrons. The Balaban J connectivity index is 2.50. The largest absolute Gasteiger partial charge is 0.355 e. The van der Waals surface area contributed by atoms with Crippen LogP contribution in [0.1, 0.15) is 42.3 Å². The van der Waals surface area contributed by atoms with Crippen LogP contribution in [-0.4, -0.2) is 24.0 Å². The van der Waals surface area contributed by atoms with E-state index >= 15 is 0 Å². The van der Waals surface area contributed by atoms with Crippen LogP contribution in [-0.2, 0) is 11.2 Å². The van der Waals surface area contributed by atoms with Crippen LogP contribution in [0.3, 0.4) is 0 Å². The topological polar surface area (TPSA) is 68.0 Å². The molecule has 0 radical (unpaired) electrons. The average Bonchev–Trinajstić information content (AvgIpc) is 2.71. The average molecular weight is 283 g/mol. The highest BCUT2D eigenvalue weighted by Gasteiger charge is 2.32. The predicted molar refractivity (Wildman–Crippen MR) is 80.4 cm³/mol. The number of nitrogens with zero attached hydrogens (tertiary/aromatic N) is 1. The molecule has 4 nitrogen and oxygen atoms in total. The number of thiazole rings is 1. The summed E-state index contributed by atoms with van der Waals surface area (Å²) in [5.74, 6) is 0.0741. The Kier molecular flexibility index (Phi) is 5.94. The van der Waals surface area contributed by atoms with E-state index < -0.39 is 5.41 Å². The maximum Gasteiger partial charge on any atom is 0.227 e. The molecule has 1 aromatic rings. The Hall–Kier alpha value is -0.940.